The van der Waals surface area contributed by atoms with Crippen LogP contribution in [0.25, 0.3) is 0 Å². The first-order valence-electron chi connectivity index (χ1n) is 3.51. The molecule has 0 radical (unpaired) electrons. The zero-order chi connectivity index (χ0) is 12.9. The van der Waals surface area contributed by atoms with Crippen LogP contribution in [0.5, 0.6) is 0 Å². The molecule has 0 aromatic rings. The summed E-state index contributed by atoms with van der Waals surface area (Å²) < 4.78 is 0. The third kappa shape index (κ3) is 77.2. The summed E-state index contributed by atoms with van der Waals surface area (Å²) in [4.78, 5) is 27.4. The van der Waals surface area contributed by atoms with E-state index < -0.39 is 17.9 Å². The SMILES string of the molecule is NCC(=O)[O-].NCC(=O)[O-].NCC(=O)[O-].[Cu+3]. The first kappa shape index (κ1) is 24.2. The van der Waals surface area contributed by atoms with Gasteiger partial charge in [0.2, 0.25) is 0 Å². The first-order valence-corrected chi connectivity index (χ1v) is 3.51. The van der Waals surface area contributed by atoms with Crippen LogP contribution < -0.4 is 32.5 Å². The van der Waals surface area contributed by atoms with Crippen molar-refractivity contribution < 1.29 is 46.8 Å². The molecular formula is C6H12CuN3O6. The van der Waals surface area contributed by atoms with Gasteiger partial charge in [0, 0.05) is 19.6 Å². The summed E-state index contributed by atoms with van der Waals surface area (Å²) in [5, 5.41) is 27.4. The van der Waals surface area contributed by atoms with Crippen LogP contribution in [-0.2, 0) is 31.5 Å². The summed E-state index contributed by atoms with van der Waals surface area (Å²) in [5.74, 6) is -3.65. The quantitative estimate of drug-likeness (QED) is 0.421. The standard InChI is InChI=1S/3C2H5NO2.Cu/c3*3-1-2(4)5;/h3*1,3H2,(H,4,5);/q;;;+3/p-3. The van der Waals surface area contributed by atoms with Crippen molar-refractivity contribution in [3.05, 3.63) is 0 Å². The molecule has 98 valence electrons. The number of carboxylic acids is 3. The van der Waals surface area contributed by atoms with Gasteiger partial charge in [-0.1, -0.05) is 0 Å². The van der Waals surface area contributed by atoms with Gasteiger partial charge in [0.25, 0.3) is 0 Å². The maximum absolute atomic E-state index is 9.13. The zero-order valence-electron chi connectivity index (χ0n) is 8.10. The van der Waals surface area contributed by atoms with Crippen LogP contribution in [-0.4, -0.2) is 37.5 Å². The van der Waals surface area contributed by atoms with Gasteiger partial charge in [-0.15, -0.1) is 0 Å². The molecule has 0 heterocycles. The molecule has 0 saturated heterocycles. The molecule has 0 aliphatic heterocycles. The average molecular weight is 286 g/mol. The van der Waals surface area contributed by atoms with Crippen molar-refractivity contribution in [1.82, 2.24) is 0 Å². The number of carbonyl (C=O) groups is 3. The number of aliphatic carboxylic acids is 3. The van der Waals surface area contributed by atoms with E-state index in [2.05, 4.69) is 17.2 Å². The molecule has 6 N–H and O–H groups in total. The van der Waals surface area contributed by atoms with Gasteiger partial charge in [-0.25, -0.2) is 0 Å². The van der Waals surface area contributed by atoms with Crippen LogP contribution in [0.2, 0.25) is 0 Å². The van der Waals surface area contributed by atoms with Crippen LogP contribution >= 0.6 is 0 Å². The Morgan fingerprint density at radius 3 is 0.750 bits per heavy atom. The molecule has 0 amide bonds. The molecule has 0 atom stereocenters. The molecule has 0 fully saturated rings. The summed E-state index contributed by atoms with van der Waals surface area (Å²) in [6.45, 7) is -1.17. The van der Waals surface area contributed by atoms with Crippen LogP contribution in [0, 0.1) is 0 Å². The van der Waals surface area contributed by atoms with Gasteiger partial charge >= 0.3 is 17.1 Å². The Morgan fingerprint density at radius 1 is 0.688 bits per heavy atom. The Morgan fingerprint density at radius 2 is 0.750 bits per heavy atom. The topological polar surface area (TPSA) is 198 Å². The maximum Gasteiger partial charge on any atom is 3.00 e. The first-order chi connectivity index (χ1) is 6.81. The third-order valence-corrected chi connectivity index (χ3v) is 0.500. The van der Waals surface area contributed by atoms with Gasteiger partial charge < -0.3 is 46.9 Å². The van der Waals surface area contributed by atoms with E-state index in [9.17, 15) is 0 Å². The molecule has 0 bridgehead atoms. The minimum absolute atomic E-state index is 0. The zero-order valence-corrected chi connectivity index (χ0v) is 9.05. The Kier molecular flexibility index (Phi) is 29.3. The third-order valence-electron chi connectivity index (χ3n) is 0.500. The van der Waals surface area contributed by atoms with Crippen molar-refractivity contribution in [3.63, 3.8) is 0 Å². The monoisotopic (exact) mass is 285 g/mol. The van der Waals surface area contributed by atoms with Crippen LogP contribution in [0.3, 0.4) is 0 Å². The van der Waals surface area contributed by atoms with Crippen molar-refractivity contribution >= 4 is 17.9 Å². The minimum atomic E-state index is -1.22. The Bertz CT molecular complexity index is 167. The molecule has 9 nitrogen and oxygen atoms in total. The van der Waals surface area contributed by atoms with Crippen molar-refractivity contribution in [1.29, 1.82) is 0 Å². The number of rotatable bonds is 3. The Labute approximate surface area is 102 Å². The molecule has 0 rings (SSSR count). The number of nitrogens with two attached hydrogens (primary N) is 3. The van der Waals surface area contributed by atoms with E-state index in [1.54, 1.807) is 0 Å². The molecule has 16 heavy (non-hydrogen) atoms. The fourth-order valence-electron chi connectivity index (χ4n) is 0. The fourth-order valence-corrected chi connectivity index (χ4v) is 0. The minimum Gasteiger partial charge on any atom is -0.549 e. The second-order valence-electron chi connectivity index (χ2n) is 1.73. The summed E-state index contributed by atoms with van der Waals surface area (Å²) in [6, 6.07) is 0. The maximum atomic E-state index is 9.13. The molecular weight excluding hydrogens is 274 g/mol. The smallest absolute Gasteiger partial charge is 0.549 e. The molecule has 10 heteroatoms. The van der Waals surface area contributed by atoms with E-state index in [1.165, 1.54) is 0 Å². The van der Waals surface area contributed by atoms with Gasteiger partial charge in [-0.2, -0.15) is 0 Å². The second-order valence-corrected chi connectivity index (χ2v) is 1.73. The summed E-state index contributed by atoms with van der Waals surface area (Å²) in [6.07, 6.45) is 0. The predicted molar refractivity (Wildman–Crippen MR) is 42.2 cm³/mol. The van der Waals surface area contributed by atoms with Crippen molar-refractivity contribution in [2.45, 2.75) is 0 Å². The summed E-state index contributed by atoms with van der Waals surface area (Å²) in [5.41, 5.74) is 13.5. The molecule has 0 aliphatic rings. The summed E-state index contributed by atoms with van der Waals surface area (Å²) in [7, 11) is 0. The fraction of sp³-hybridized carbons (Fsp3) is 0.500. The van der Waals surface area contributed by atoms with E-state index in [1.807, 2.05) is 0 Å². The molecule has 0 spiro atoms. The number of hydrogen-bond acceptors (Lipinski definition) is 9. The molecule has 0 saturated carbocycles. The van der Waals surface area contributed by atoms with E-state index in [0.29, 0.717) is 0 Å². The normalized spacial score (nSPS) is 6.94. The van der Waals surface area contributed by atoms with Gasteiger partial charge in [0.15, 0.2) is 0 Å². The van der Waals surface area contributed by atoms with Crippen molar-refractivity contribution in [2.75, 3.05) is 19.6 Å². The summed E-state index contributed by atoms with van der Waals surface area (Å²) >= 11 is 0. The predicted octanol–water partition coefficient (Wildman–Crippen LogP) is -6.92. The number of carbonyl (C=O) groups excluding carboxylic acids is 3. The van der Waals surface area contributed by atoms with E-state index in [0.717, 1.165) is 0 Å². The van der Waals surface area contributed by atoms with E-state index in [-0.39, 0.29) is 36.7 Å². The van der Waals surface area contributed by atoms with E-state index >= 15 is 0 Å². The van der Waals surface area contributed by atoms with Gasteiger partial charge in [-0.05, 0) is 0 Å². The Balaban J connectivity index is -0.0000000655. The number of carboxylic acid groups (broad SMARTS) is 3. The number of hydrogen-bond donors (Lipinski definition) is 3. The van der Waals surface area contributed by atoms with Crippen molar-refractivity contribution in [3.8, 4) is 0 Å². The van der Waals surface area contributed by atoms with Crippen LogP contribution in [0.15, 0.2) is 0 Å². The van der Waals surface area contributed by atoms with Crippen molar-refractivity contribution in [2.24, 2.45) is 17.2 Å². The van der Waals surface area contributed by atoms with E-state index in [4.69, 9.17) is 29.7 Å². The van der Waals surface area contributed by atoms with Gasteiger partial charge in [0.1, 0.15) is 0 Å². The van der Waals surface area contributed by atoms with Crippen LogP contribution in [0.1, 0.15) is 0 Å². The largest absolute Gasteiger partial charge is 3.00 e. The van der Waals surface area contributed by atoms with Crippen LogP contribution in [0.4, 0.5) is 0 Å². The Hall–Kier alpha value is -1.19. The molecule has 0 aromatic carbocycles. The molecule has 0 unspecified atom stereocenters. The average Bonchev–Trinajstić information content (AvgIpc) is 2.19. The molecule has 0 aliphatic carbocycles. The van der Waals surface area contributed by atoms with Gasteiger partial charge in [-0.3, -0.25) is 0 Å². The molecule has 0 aromatic heterocycles. The van der Waals surface area contributed by atoms with Gasteiger partial charge in [0.05, 0.1) is 17.9 Å². The second kappa shape index (κ2) is 19.4.